The molecule has 1 heterocycles. The van der Waals surface area contributed by atoms with Crippen molar-refractivity contribution in [3.05, 3.63) is 77.6 Å². The van der Waals surface area contributed by atoms with Gasteiger partial charge in [0.25, 0.3) is 0 Å². The first kappa shape index (κ1) is 19.4. The van der Waals surface area contributed by atoms with Crippen molar-refractivity contribution in [2.75, 3.05) is 0 Å². The molecule has 0 spiro atoms. The van der Waals surface area contributed by atoms with Crippen molar-refractivity contribution in [3.63, 3.8) is 0 Å². The van der Waals surface area contributed by atoms with Gasteiger partial charge in [0.1, 0.15) is 12.4 Å². The summed E-state index contributed by atoms with van der Waals surface area (Å²) in [4.78, 5) is 6.66. The van der Waals surface area contributed by atoms with Crippen LogP contribution in [0.25, 0.3) is 0 Å². The maximum Gasteiger partial charge on any atom is 0.416 e. The molecular weight excluding hydrogens is 373 g/mol. The highest BCUT2D eigenvalue weighted by Crippen LogP contribution is 2.29. The Kier molecular flexibility index (Phi) is 5.93. The minimum absolute atomic E-state index is 0.0769. The molecule has 6 nitrogen and oxygen atoms in total. The molecule has 0 amide bonds. The number of ether oxygens (including phenoxy) is 1. The molecule has 2 aromatic carbocycles. The Hall–Kier alpha value is -3.36. The van der Waals surface area contributed by atoms with Gasteiger partial charge in [0, 0.05) is 0 Å². The minimum Gasteiger partial charge on any atom is -0.470 e. The molecule has 146 valence electrons. The number of aromatic nitrogens is 3. The highest BCUT2D eigenvalue weighted by atomic mass is 19.4. The normalized spacial score (nSPS) is 12.1. The van der Waals surface area contributed by atoms with E-state index in [9.17, 15) is 13.2 Å². The van der Waals surface area contributed by atoms with Crippen LogP contribution in [0.4, 0.5) is 13.2 Å². The molecule has 0 unspecified atom stereocenters. The molecule has 0 N–H and O–H groups in total. The third-order valence-corrected chi connectivity index (χ3v) is 3.80. The van der Waals surface area contributed by atoms with Crippen molar-refractivity contribution in [2.45, 2.75) is 26.4 Å². The number of alkyl halides is 3. The van der Waals surface area contributed by atoms with Crippen LogP contribution in [0.5, 0.6) is 5.75 Å². The minimum atomic E-state index is -4.35. The van der Waals surface area contributed by atoms with Crippen LogP contribution in [0.1, 0.15) is 23.6 Å². The van der Waals surface area contributed by atoms with Gasteiger partial charge in [-0.3, -0.25) is 0 Å². The van der Waals surface area contributed by atoms with Crippen molar-refractivity contribution >= 4 is 5.71 Å². The fraction of sp³-hybridized carbons (Fsp3) is 0.211. The van der Waals surface area contributed by atoms with Crippen LogP contribution in [0.2, 0.25) is 0 Å². The second-order valence-electron chi connectivity index (χ2n) is 5.84. The molecule has 9 heteroatoms. The summed E-state index contributed by atoms with van der Waals surface area (Å²) in [6.07, 6.45) is -1.22. The summed E-state index contributed by atoms with van der Waals surface area (Å²) in [6.45, 7) is 2.06. The van der Waals surface area contributed by atoms with Gasteiger partial charge >= 0.3 is 6.18 Å². The van der Waals surface area contributed by atoms with Crippen LogP contribution in [0.3, 0.4) is 0 Å². The van der Waals surface area contributed by atoms with E-state index in [-0.39, 0.29) is 13.3 Å². The monoisotopic (exact) mass is 390 g/mol. The lowest BCUT2D eigenvalue weighted by molar-refractivity contribution is -0.137. The molecule has 0 saturated heterocycles. The SMILES string of the molecule is CC(=NOCc1ccc(C(F)(F)F)cc1)c1ccc(OCn2nccn2)cc1. The smallest absolute Gasteiger partial charge is 0.416 e. The van der Waals surface area contributed by atoms with Gasteiger partial charge in [-0.1, -0.05) is 17.3 Å². The first-order valence-electron chi connectivity index (χ1n) is 8.32. The summed E-state index contributed by atoms with van der Waals surface area (Å²) in [5.41, 5.74) is 1.37. The third kappa shape index (κ3) is 5.32. The molecule has 0 fully saturated rings. The van der Waals surface area contributed by atoms with E-state index in [1.165, 1.54) is 16.9 Å². The molecule has 3 aromatic rings. The maximum atomic E-state index is 12.5. The van der Waals surface area contributed by atoms with Gasteiger partial charge in [0.2, 0.25) is 0 Å². The number of nitrogens with zero attached hydrogens (tertiary/aromatic N) is 4. The summed E-state index contributed by atoms with van der Waals surface area (Å²) in [5.74, 6) is 0.652. The summed E-state index contributed by atoms with van der Waals surface area (Å²) in [5, 5.41) is 11.9. The molecule has 0 bridgehead atoms. The zero-order valence-corrected chi connectivity index (χ0v) is 14.9. The topological polar surface area (TPSA) is 61.5 Å². The van der Waals surface area contributed by atoms with Crippen LogP contribution < -0.4 is 4.74 Å². The molecule has 0 radical (unpaired) electrons. The van der Waals surface area contributed by atoms with E-state index in [0.29, 0.717) is 17.0 Å². The van der Waals surface area contributed by atoms with E-state index in [0.717, 1.165) is 17.7 Å². The van der Waals surface area contributed by atoms with Crippen LogP contribution in [-0.4, -0.2) is 20.7 Å². The Morgan fingerprint density at radius 3 is 2.25 bits per heavy atom. The van der Waals surface area contributed by atoms with Crippen molar-refractivity contribution in [1.29, 1.82) is 0 Å². The van der Waals surface area contributed by atoms with E-state index in [2.05, 4.69) is 15.4 Å². The van der Waals surface area contributed by atoms with Crippen molar-refractivity contribution in [1.82, 2.24) is 15.0 Å². The summed E-state index contributed by atoms with van der Waals surface area (Å²) >= 11 is 0. The highest BCUT2D eigenvalue weighted by molar-refractivity contribution is 5.98. The molecule has 0 aliphatic rings. The van der Waals surface area contributed by atoms with Gasteiger partial charge in [-0.2, -0.15) is 23.4 Å². The number of rotatable bonds is 7. The van der Waals surface area contributed by atoms with Gasteiger partial charge in [-0.25, -0.2) is 0 Å². The van der Waals surface area contributed by atoms with Crippen molar-refractivity contribution in [3.8, 4) is 5.75 Å². The summed E-state index contributed by atoms with van der Waals surface area (Å²) < 4.78 is 43.2. The fourth-order valence-corrected chi connectivity index (χ4v) is 2.28. The van der Waals surface area contributed by atoms with Crippen molar-refractivity contribution < 1.29 is 22.7 Å². The van der Waals surface area contributed by atoms with Crippen LogP contribution >= 0.6 is 0 Å². The Labute approximate surface area is 159 Å². The largest absolute Gasteiger partial charge is 0.470 e. The van der Waals surface area contributed by atoms with Crippen molar-refractivity contribution in [2.24, 2.45) is 5.16 Å². The van der Waals surface area contributed by atoms with Gasteiger partial charge in [-0.15, -0.1) is 4.80 Å². The Morgan fingerprint density at radius 1 is 1.00 bits per heavy atom. The molecule has 0 saturated carbocycles. The third-order valence-electron chi connectivity index (χ3n) is 3.80. The standard InChI is InChI=1S/C19H17F3N4O2/c1-14(25-28-12-15-2-6-17(7-3-15)19(20,21)22)16-4-8-18(9-5-16)27-13-26-23-10-11-24-26/h2-11H,12-13H2,1H3. The molecule has 3 rings (SSSR count). The van der Waals surface area contributed by atoms with Gasteiger partial charge in [0.05, 0.1) is 23.7 Å². The summed E-state index contributed by atoms with van der Waals surface area (Å²) in [7, 11) is 0. The predicted molar refractivity (Wildman–Crippen MR) is 95.5 cm³/mol. The average Bonchev–Trinajstić information content (AvgIpc) is 3.20. The highest BCUT2D eigenvalue weighted by Gasteiger charge is 2.29. The number of oxime groups is 1. The number of benzene rings is 2. The number of halogens is 3. The molecule has 0 aliphatic heterocycles. The molecule has 0 atom stereocenters. The number of hydrogen-bond acceptors (Lipinski definition) is 5. The first-order chi connectivity index (χ1) is 13.4. The Morgan fingerprint density at radius 2 is 1.64 bits per heavy atom. The maximum absolute atomic E-state index is 12.5. The van der Waals surface area contributed by atoms with Crippen LogP contribution in [0.15, 0.2) is 66.1 Å². The van der Waals surface area contributed by atoms with E-state index >= 15 is 0 Å². The van der Waals surface area contributed by atoms with E-state index < -0.39 is 11.7 Å². The molecule has 28 heavy (non-hydrogen) atoms. The fourth-order valence-electron chi connectivity index (χ4n) is 2.28. The van der Waals surface area contributed by atoms with Crippen LogP contribution in [0, 0.1) is 0 Å². The lowest BCUT2D eigenvalue weighted by Crippen LogP contribution is -2.08. The molecule has 0 aliphatic carbocycles. The average molecular weight is 390 g/mol. The Balaban J connectivity index is 1.51. The van der Waals surface area contributed by atoms with Gasteiger partial charge in [-0.05, 0) is 54.4 Å². The van der Waals surface area contributed by atoms with Gasteiger partial charge < -0.3 is 9.57 Å². The zero-order valence-electron chi connectivity index (χ0n) is 14.9. The predicted octanol–water partition coefficient (Wildman–Crippen LogP) is 4.27. The Bertz CT molecular complexity index is 906. The second kappa shape index (κ2) is 8.55. The summed E-state index contributed by atoms with van der Waals surface area (Å²) in [6, 6.07) is 12.0. The molecular formula is C19H17F3N4O2. The van der Waals surface area contributed by atoms with E-state index in [1.807, 2.05) is 12.1 Å². The first-order valence-corrected chi connectivity index (χ1v) is 8.32. The lowest BCUT2D eigenvalue weighted by atomic mass is 10.1. The lowest BCUT2D eigenvalue weighted by Gasteiger charge is -2.08. The van der Waals surface area contributed by atoms with Gasteiger partial charge in [0.15, 0.2) is 6.73 Å². The second-order valence-corrected chi connectivity index (χ2v) is 5.84. The van der Waals surface area contributed by atoms with Crippen LogP contribution in [-0.2, 0) is 24.4 Å². The van der Waals surface area contributed by atoms with E-state index in [1.54, 1.807) is 31.5 Å². The number of hydrogen-bond donors (Lipinski definition) is 0. The zero-order chi connectivity index (χ0) is 20.0. The van der Waals surface area contributed by atoms with E-state index in [4.69, 9.17) is 9.57 Å². The molecule has 1 aromatic heterocycles. The quantitative estimate of drug-likeness (QED) is 0.446.